The minimum atomic E-state index is -1.13. The second kappa shape index (κ2) is 24.9. The molecule has 31 heavy (non-hydrogen) atoms. The van der Waals surface area contributed by atoms with Crippen molar-refractivity contribution >= 4 is 11.9 Å². The largest absolute Gasteiger partial charge is 0.478 e. The van der Waals surface area contributed by atoms with Crippen molar-refractivity contribution < 1.29 is 19.4 Å². The topological polar surface area (TPSA) is 63.6 Å². The van der Waals surface area contributed by atoms with Crippen molar-refractivity contribution in [3.8, 4) is 0 Å². The van der Waals surface area contributed by atoms with Gasteiger partial charge in [-0.25, -0.2) is 9.59 Å². The molecule has 0 bridgehead atoms. The zero-order chi connectivity index (χ0) is 22.8. The van der Waals surface area contributed by atoms with E-state index in [1.807, 2.05) is 0 Å². The highest BCUT2D eigenvalue weighted by Crippen LogP contribution is 2.15. The van der Waals surface area contributed by atoms with E-state index in [1.165, 1.54) is 122 Å². The number of hydrogen-bond donors (Lipinski definition) is 1. The molecule has 0 atom stereocenters. The fourth-order valence-electron chi connectivity index (χ4n) is 3.89. The Morgan fingerprint density at radius 1 is 0.548 bits per heavy atom. The van der Waals surface area contributed by atoms with Crippen LogP contribution in [0.15, 0.2) is 12.2 Å². The molecule has 0 heterocycles. The molecule has 0 radical (unpaired) electrons. The van der Waals surface area contributed by atoms with Gasteiger partial charge in [-0.3, -0.25) is 0 Å². The third-order valence-electron chi connectivity index (χ3n) is 5.85. The number of unbranched alkanes of at least 4 members (excludes halogenated alkanes) is 20. The van der Waals surface area contributed by atoms with E-state index in [0.29, 0.717) is 6.61 Å². The summed E-state index contributed by atoms with van der Waals surface area (Å²) in [4.78, 5) is 21.5. The Labute approximate surface area is 192 Å². The average Bonchev–Trinajstić information content (AvgIpc) is 2.75. The van der Waals surface area contributed by atoms with Crippen molar-refractivity contribution in [2.24, 2.45) is 0 Å². The van der Waals surface area contributed by atoms with Gasteiger partial charge in [0.25, 0.3) is 0 Å². The van der Waals surface area contributed by atoms with E-state index >= 15 is 0 Å². The number of esters is 1. The van der Waals surface area contributed by atoms with Gasteiger partial charge in [-0.05, 0) is 6.42 Å². The van der Waals surface area contributed by atoms with Gasteiger partial charge in [0.2, 0.25) is 0 Å². The average molecular weight is 439 g/mol. The Morgan fingerprint density at radius 2 is 0.871 bits per heavy atom. The normalized spacial score (nSPS) is 11.3. The van der Waals surface area contributed by atoms with Crippen LogP contribution < -0.4 is 0 Å². The van der Waals surface area contributed by atoms with E-state index in [1.54, 1.807) is 0 Å². The zero-order valence-corrected chi connectivity index (χ0v) is 20.4. The number of hydrogen-bond acceptors (Lipinski definition) is 3. The molecule has 0 aliphatic heterocycles. The molecule has 4 nitrogen and oxygen atoms in total. The minimum absolute atomic E-state index is 0.377. The number of aliphatic carboxylic acids is 1. The lowest BCUT2D eigenvalue weighted by molar-refractivity contribution is -0.138. The molecule has 4 heteroatoms. The zero-order valence-electron chi connectivity index (χ0n) is 20.4. The molecule has 0 aromatic carbocycles. The molecule has 0 saturated carbocycles. The maximum Gasteiger partial charge on any atom is 0.331 e. The van der Waals surface area contributed by atoms with Crippen molar-refractivity contribution in [3.05, 3.63) is 12.2 Å². The summed E-state index contributed by atoms with van der Waals surface area (Å²) in [5, 5.41) is 8.42. The smallest absolute Gasteiger partial charge is 0.331 e. The Bertz CT molecular complexity index is 431. The molecular weight excluding hydrogens is 388 g/mol. The van der Waals surface area contributed by atoms with Crippen LogP contribution in [-0.4, -0.2) is 23.7 Å². The Hall–Kier alpha value is -1.32. The summed E-state index contributed by atoms with van der Waals surface area (Å²) < 4.78 is 4.94. The quantitative estimate of drug-likeness (QED) is 0.0933. The molecule has 0 aliphatic carbocycles. The van der Waals surface area contributed by atoms with Crippen LogP contribution in [-0.2, 0) is 14.3 Å². The Morgan fingerprint density at radius 3 is 1.19 bits per heavy atom. The highest BCUT2D eigenvalue weighted by atomic mass is 16.5. The lowest BCUT2D eigenvalue weighted by Gasteiger charge is -2.04. The lowest BCUT2D eigenvalue weighted by Crippen LogP contribution is -2.03. The third kappa shape index (κ3) is 26.6. The summed E-state index contributed by atoms with van der Waals surface area (Å²) in [5.41, 5.74) is 0. The van der Waals surface area contributed by atoms with Crippen LogP contribution in [0.4, 0.5) is 0 Å². The molecule has 0 amide bonds. The van der Waals surface area contributed by atoms with Crippen LogP contribution in [0.3, 0.4) is 0 Å². The van der Waals surface area contributed by atoms with Crippen LogP contribution in [0.5, 0.6) is 0 Å². The Balaban J connectivity index is 3.11. The SMILES string of the molecule is CCCCCCCCCCCCCCCCCCCCCCCOC(=O)/C=C\C(=O)O. The highest BCUT2D eigenvalue weighted by molar-refractivity contribution is 5.90. The predicted molar refractivity (Wildman–Crippen MR) is 130 cm³/mol. The predicted octanol–water partition coefficient (Wildman–Crippen LogP) is 8.38. The van der Waals surface area contributed by atoms with E-state index in [4.69, 9.17) is 9.84 Å². The van der Waals surface area contributed by atoms with E-state index in [-0.39, 0.29) is 0 Å². The van der Waals surface area contributed by atoms with E-state index in [2.05, 4.69) is 6.92 Å². The first-order valence-electron chi connectivity index (χ1n) is 13.2. The number of ether oxygens (including phenoxy) is 1. The molecule has 0 aliphatic rings. The molecular formula is C27H50O4. The van der Waals surface area contributed by atoms with Gasteiger partial charge in [-0.2, -0.15) is 0 Å². The first-order valence-corrected chi connectivity index (χ1v) is 13.2. The van der Waals surface area contributed by atoms with Gasteiger partial charge < -0.3 is 9.84 Å². The fourth-order valence-corrected chi connectivity index (χ4v) is 3.89. The summed E-state index contributed by atoms with van der Waals surface area (Å²) in [7, 11) is 0. The van der Waals surface area contributed by atoms with Crippen molar-refractivity contribution in [1.82, 2.24) is 0 Å². The van der Waals surface area contributed by atoms with E-state index in [0.717, 1.165) is 25.0 Å². The van der Waals surface area contributed by atoms with Crippen molar-refractivity contribution in [3.63, 3.8) is 0 Å². The first kappa shape index (κ1) is 29.7. The molecule has 1 N–H and O–H groups in total. The maximum atomic E-state index is 11.2. The summed E-state index contributed by atoms with van der Waals surface area (Å²) in [6.45, 7) is 2.66. The highest BCUT2D eigenvalue weighted by Gasteiger charge is 1.99. The standard InChI is InChI=1S/C27H50O4/c1-2-3-4-5-6-7-8-9-10-11-12-13-14-15-16-17-18-19-20-21-22-25-31-27(30)24-23-26(28)29/h23-24H,2-22,25H2,1H3,(H,28,29)/b24-23-. The first-order chi connectivity index (χ1) is 15.2. The van der Waals surface area contributed by atoms with Gasteiger partial charge in [-0.1, -0.05) is 135 Å². The molecule has 0 unspecified atom stereocenters. The number of carbonyl (C=O) groups excluding carboxylic acids is 1. The monoisotopic (exact) mass is 438 g/mol. The number of rotatable bonds is 24. The number of carbonyl (C=O) groups is 2. The minimum Gasteiger partial charge on any atom is -0.478 e. The van der Waals surface area contributed by atoms with Gasteiger partial charge >= 0.3 is 11.9 Å². The Kier molecular flexibility index (Phi) is 23.9. The van der Waals surface area contributed by atoms with Crippen LogP contribution >= 0.6 is 0 Å². The lowest BCUT2D eigenvalue weighted by atomic mass is 10.0. The van der Waals surface area contributed by atoms with Gasteiger partial charge in [0.05, 0.1) is 6.61 Å². The number of carboxylic acids is 1. The van der Waals surface area contributed by atoms with Crippen LogP contribution in [0.1, 0.15) is 142 Å². The van der Waals surface area contributed by atoms with Crippen molar-refractivity contribution in [1.29, 1.82) is 0 Å². The summed E-state index contributed by atoms with van der Waals surface area (Å²) in [5.74, 6) is -1.71. The third-order valence-corrected chi connectivity index (χ3v) is 5.85. The van der Waals surface area contributed by atoms with Gasteiger partial charge in [-0.15, -0.1) is 0 Å². The molecule has 0 rings (SSSR count). The molecule has 0 saturated heterocycles. The fraction of sp³-hybridized carbons (Fsp3) is 0.852. The van der Waals surface area contributed by atoms with Crippen molar-refractivity contribution in [2.45, 2.75) is 142 Å². The van der Waals surface area contributed by atoms with Gasteiger partial charge in [0.1, 0.15) is 0 Å². The van der Waals surface area contributed by atoms with Gasteiger partial charge in [0.15, 0.2) is 0 Å². The molecule has 0 aromatic heterocycles. The maximum absolute atomic E-state index is 11.2. The molecule has 182 valence electrons. The van der Waals surface area contributed by atoms with E-state index < -0.39 is 11.9 Å². The number of carboxylic acid groups (broad SMARTS) is 1. The second-order valence-corrected chi connectivity index (χ2v) is 8.91. The summed E-state index contributed by atoms with van der Waals surface area (Å²) in [6.07, 6.45) is 30.1. The van der Waals surface area contributed by atoms with Crippen LogP contribution in [0, 0.1) is 0 Å². The van der Waals surface area contributed by atoms with E-state index in [9.17, 15) is 9.59 Å². The second-order valence-electron chi connectivity index (χ2n) is 8.91. The molecule has 0 fully saturated rings. The summed E-state index contributed by atoms with van der Waals surface area (Å²) >= 11 is 0. The van der Waals surface area contributed by atoms with Crippen LogP contribution in [0.2, 0.25) is 0 Å². The molecule has 0 aromatic rings. The van der Waals surface area contributed by atoms with Gasteiger partial charge in [0, 0.05) is 12.2 Å². The van der Waals surface area contributed by atoms with Crippen LogP contribution in [0.25, 0.3) is 0 Å². The van der Waals surface area contributed by atoms with Crippen molar-refractivity contribution in [2.75, 3.05) is 6.61 Å². The summed E-state index contributed by atoms with van der Waals surface area (Å²) in [6, 6.07) is 0. The molecule has 0 spiro atoms.